The first-order chi connectivity index (χ1) is 23.2. The van der Waals surface area contributed by atoms with Gasteiger partial charge in [0.15, 0.2) is 0 Å². The van der Waals surface area contributed by atoms with Crippen LogP contribution in [-0.2, 0) is 45.1 Å². The Morgan fingerprint density at radius 1 is 0.755 bits per heavy atom. The number of furan rings is 1. The van der Waals surface area contributed by atoms with Crippen LogP contribution in [0.15, 0.2) is 71.1 Å². The van der Waals surface area contributed by atoms with Crippen LogP contribution in [0.4, 0.5) is 9.59 Å². The van der Waals surface area contributed by atoms with Crippen molar-refractivity contribution in [3.05, 3.63) is 89.2 Å². The lowest BCUT2D eigenvalue weighted by Gasteiger charge is -2.19. The third-order valence-corrected chi connectivity index (χ3v) is 7.00. The number of para-hydroxylation sites is 1. The number of rotatable bonds is 13. The SMILES string of the molecule is COC(=O)Cc1ccccc1OCc1cc(-c2cccc(CNC(=O)OC(C)(C)C)c2)c2oc(CNCCNC(=O)OC(C)(C)C)cc2c1. The Kier molecular flexibility index (Phi) is 12.3. The van der Waals surface area contributed by atoms with E-state index in [1.807, 2.05) is 108 Å². The molecule has 3 aromatic carbocycles. The Morgan fingerprint density at radius 3 is 2.18 bits per heavy atom. The van der Waals surface area contributed by atoms with E-state index < -0.39 is 23.4 Å². The minimum absolute atomic E-state index is 0.104. The molecule has 1 heterocycles. The van der Waals surface area contributed by atoms with E-state index in [1.54, 1.807) is 0 Å². The maximum Gasteiger partial charge on any atom is 0.407 e. The van der Waals surface area contributed by atoms with Crippen molar-refractivity contribution in [2.45, 2.75) is 78.9 Å². The minimum Gasteiger partial charge on any atom is -0.489 e. The zero-order chi connectivity index (χ0) is 35.6. The first-order valence-electron chi connectivity index (χ1n) is 16.3. The Hall–Kier alpha value is -5.03. The maximum absolute atomic E-state index is 12.3. The lowest BCUT2D eigenvalue weighted by Crippen LogP contribution is -2.36. The highest BCUT2D eigenvalue weighted by atomic mass is 16.6. The third-order valence-electron chi connectivity index (χ3n) is 7.00. The van der Waals surface area contributed by atoms with Crippen molar-refractivity contribution in [3.63, 3.8) is 0 Å². The summed E-state index contributed by atoms with van der Waals surface area (Å²) >= 11 is 0. The molecule has 0 saturated carbocycles. The molecule has 0 radical (unpaired) electrons. The second-order valence-corrected chi connectivity index (χ2v) is 13.6. The van der Waals surface area contributed by atoms with Crippen molar-refractivity contribution in [2.75, 3.05) is 20.2 Å². The van der Waals surface area contributed by atoms with Gasteiger partial charge in [0.05, 0.1) is 20.1 Å². The van der Waals surface area contributed by atoms with Gasteiger partial charge < -0.3 is 39.3 Å². The number of amides is 2. The first-order valence-corrected chi connectivity index (χ1v) is 16.3. The van der Waals surface area contributed by atoms with Crippen molar-refractivity contribution in [1.29, 1.82) is 0 Å². The fraction of sp³-hybridized carbons (Fsp3) is 0.395. The highest BCUT2D eigenvalue weighted by Crippen LogP contribution is 2.34. The molecule has 1 aromatic heterocycles. The number of carbonyl (C=O) groups excluding carboxylic acids is 3. The topological polar surface area (TPSA) is 137 Å². The lowest BCUT2D eigenvalue weighted by molar-refractivity contribution is -0.139. The summed E-state index contributed by atoms with van der Waals surface area (Å²) in [5.74, 6) is 0.973. The van der Waals surface area contributed by atoms with Gasteiger partial charge in [0.1, 0.15) is 34.9 Å². The van der Waals surface area contributed by atoms with Crippen molar-refractivity contribution in [3.8, 4) is 16.9 Å². The molecule has 0 bridgehead atoms. The molecule has 49 heavy (non-hydrogen) atoms. The van der Waals surface area contributed by atoms with Gasteiger partial charge in [-0.05, 0) is 88.6 Å². The monoisotopic (exact) mass is 673 g/mol. The van der Waals surface area contributed by atoms with E-state index in [1.165, 1.54) is 7.11 Å². The van der Waals surface area contributed by atoms with Crippen molar-refractivity contribution < 1.29 is 37.7 Å². The number of hydrogen-bond acceptors (Lipinski definition) is 9. The number of fused-ring (bicyclic) bond motifs is 1. The van der Waals surface area contributed by atoms with Crippen LogP contribution in [0.1, 0.15) is 64.0 Å². The van der Waals surface area contributed by atoms with Crippen LogP contribution >= 0.6 is 0 Å². The van der Waals surface area contributed by atoms with Crippen LogP contribution in [0.5, 0.6) is 5.75 Å². The number of benzene rings is 3. The number of carbonyl (C=O) groups is 3. The number of esters is 1. The number of alkyl carbamates (subject to hydrolysis) is 2. The van der Waals surface area contributed by atoms with Crippen molar-refractivity contribution >= 4 is 29.1 Å². The molecular weight excluding hydrogens is 626 g/mol. The van der Waals surface area contributed by atoms with Crippen LogP contribution in [0, 0.1) is 0 Å². The molecule has 0 spiro atoms. The highest BCUT2D eigenvalue weighted by Gasteiger charge is 2.18. The van der Waals surface area contributed by atoms with E-state index in [9.17, 15) is 14.4 Å². The summed E-state index contributed by atoms with van der Waals surface area (Å²) in [4.78, 5) is 36.2. The van der Waals surface area contributed by atoms with E-state index in [0.717, 1.165) is 39.0 Å². The normalized spacial score (nSPS) is 11.6. The zero-order valence-electron chi connectivity index (χ0n) is 29.4. The third kappa shape index (κ3) is 11.9. The fourth-order valence-corrected chi connectivity index (χ4v) is 4.95. The van der Waals surface area contributed by atoms with E-state index in [4.69, 9.17) is 23.4 Å². The van der Waals surface area contributed by atoms with Gasteiger partial charge in [-0.1, -0.05) is 36.4 Å². The predicted molar refractivity (Wildman–Crippen MR) is 187 cm³/mol. The molecule has 0 aliphatic heterocycles. The lowest BCUT2D eigenvalue weighted by atomic mass is 9.99. The molecular formula is C38H47N3O8. The standard InChI is InChI=1S/C38H47N3O8/c1-37(2,3)48-35(43)40-16-15-39-23-30-20-29-18-26(24-46-32-14-9-8-12-28(32)21-33(42)45-7)19-31(34(29)47-30)27-13-10-11-25(17-27)22-41-36(44)49-38(4,5)6/h8-14,17-20,39H,15-16,21-24H2,1-7H3,(H,40,43)(H,41,44). The van der Waals surface area contributed by atoms with Crippen LogP contribution in [-0.4, -0.2) is 49.6 Å². The van der Waals surface area contributed by atoms with Crippen LogP contribution in [0.2, 0.25) is 0 Å². The van der Waals surface area contributed by atoms with Gasteiger partial charge in [0.2, 0.25) is 0 Å². The van der Waals surface area contributed by atoms with Crippen LogP contribution in [0.25, 0.3) is 22.1 Å². The van der Waals surface area contributed by atoms with E-state index in [0.29, 0.717) is 31.0 Å². The molecule has 4 rings (SSSR count). The van der Waals surface area contributed by atoms with E-state index in [2.05, 4.69) is 16.0 Å². The number of methoxy groups -OCH3 is 1. The highest BCUT2D eigenvalue weighted by molar-refractivity contribution is 5.93. The Bertz CT molecular complexity index is 1750. The summed E-state index contributed by atoms with van der Waals surface area (Å²) in [6, 6.07) is 21.3. The van der Waals surface area contributed by atoms with Crippen molar-refractivity contribution in [1.82, 2.24) is 16.0 Å². The maximum atomic E-state index is 12.3. The Balaban J connectivity index is 1.56. The van der Waals surface area contributed by atoms with E-state index >= 15 is 0 Å². The van der Waals surface area contributed by atoms with Gasteiger partial charge in [-0.2, -0.15) is 0 Å². The van der Waals surface area contributed by atoms with Crippen LogP contribution < -0.4 is 20.7 Å². The Labute approximate surface area is 287 Å². The zero-order valence-corrected chi connectivity index (χ0v) is 29.4. The van der Waals surface area contributed by atoms with Gasteiger partial charge in [0.25, 0.3) is 0 Å². The molecule has 2 amide bonds. The quantitative estimate of drug-likeness (QED) is 0.0776. The second-order valence-electron chi connectivity index (χ2n) is 13.6. The number of hydrogen-bond donors (Lipinski definition) is 3. The number of nitrogens with one attached hydrogen (secondary N) is 3. The molecule has 0 saturated heterocycles. The summed E-state index contributed by atoms with van der Waals surface area (Å²) < 4.78 is 28.1. The Morgan fingerprint density at radius 2 is 1.47 bits per heavy atom. The summed E-state index contributed by atoms with van der Waals surface area (Å²) in [6.07, 6.45) is -0.850. The molecule has 3 N–H and O–H groups in total. The molecule has 4 aromatic rings. The fourth-order valence-electron chi connectivity index (χ4n) is 4.95. The first kappa shape index (κ1) is 36.8. The minimum atomic E-state index is -0.597. The summed E-state index contributed by atoms with van der Waals surface area (Å²) in [7, 11) is 1.36. The molecule has 262 valence electrons. The van der Waals surface area contributed by atoms with Gasteiger partial charge in [-0.15, -0.1) is 0 Å². The summed E-state index contributed by atoms with van der Waals surface area (Å²) in [5.41, 5.74) is 3.83. The average Bonchev–Trinajstić information content (AvgIpc) is 3.44. The number of ether oxygens (including phenoxy) is 4. The molecule has 0 unspecified atom stereocenters. The second kappa shape index (κ2) is 16.4. The van der Waals surface area contributed by atoms with Gasteiger partial charge in [0, 0.05) is 36.1 Å². The molecule has 11 nitrogen and oxygen atoms in total. The molecule has 0 fully saturated rings. The average molecular weight is 674 g/mol. The van der Waals surface area contributed by atoms with Crippen molar-refractivity contribution in [2.24, 2.45) is 0 Å². The van der Waals surface area contributed by atoms with E-state index in [-0.39, 0.29) is 25.5 Å². The summed E-state index contributed by atoms with van der Waals surface area (Å²) in [5, 5.41) is 9.75. The predicted octanol–water partition coefficient (Wildman–Crippen LogP) is 7.03. The molecule has 11 heteroatoms. The molecule has 0 aliphatic rings. The summed E-state index contributed by atoms with van der Waals surface area (Å²) in [6.45, 7) is 12.8. The largest absolute Gasteiger partial charge is 0.489 e. The van der Waals surface area contributed by atoms with Gasteiger partial charge in [-0.3, -0.25) is 4.79 Å². The van der Waals surface area contributed by atoms with Gasteiger partial charge >= 0.3 is 18.2 Å². The van der Waals surface area contributed by atoms with Gasteiger partial charge in [-0.25, -0.2) is 9.59 Å². The smallest absolute Gasteiger partial charge is 0.407 e. The molecule has 0 atom stereocenters. The molecule has 0 aliphatic carbocycles. The van der Waals surface area contributed by atoms with Crippen LogP contribution in [0.3, 0.4) is 0 Å².